The summed E-state index contributed by atoms with van der Waals surface area (Å²) in [5, 5.41) is 4.50. The number of rotatable bonds is 5. The molecule has 1 heteroatoms. The van der Waals surface area contributed by atoms with E-state index in [-0.39, 0.29) is 0 Å². The molecule has 0 fully saturated rings. The monoisotopic (exact) mass is 334 g/mol. The molecule has 24 heavy (non-hydrogen) atoms. The molecule has 0 N–H and O–H groups in total. The molecule has 0 unspecified atom stereocenters. The van der Waals surface area contributed by atoms with Crippen LogP contribution < -0.4 is 15.9 Å². The van der Waals surface area contributed by atoms with Crippen molar-refractivity contribution in [3.05, 3.63) is 91.0 Å². The summed E-state index contributed by atoms with van der Waals surface area (Å²) in [6, 6.07) is 33.6. The Morgan fingerprint density at radius 2 is 0.875 bits per heavy atom. The van der Waals surface area contributed by atoms with Crippen molar-refractivity contribution >= 4 is 22.5 Å². The van der Waals surface area contributed by atoms with E-state index in [2.05, 4.69) is 112 Å². The van der Waals surface area contributed by atoms with E-state index < -0.39 is 6.60 Å². The van der Waals surface area contributed by atoms with Gasteiger partial charge in [0.1, 0.15) is 0 Å². The number of benzene rings is 3. The minimum atomic E-state index is -2.53. The van der Waals surface area contributed by atoms with Crippen LogP contribution in [-0.4, -0.2) is 11.8 Å². The molecular weight excluding hydrogens is 307 g/mol. The molecule has 0 amide bonds. The van der Waals surface area contributed by atoms with E-state index in [1.54, 1.807) is 0 Å². The topological polar surface area (TPSA) is 0 Å². The molecule has 3 aromatic rings. The van der Waals surface area contributed by atoms with Crippen LogP contribution in [-0.2, 0) is 0 Å². The molecule has 0 atom stereocenters. The molecule has 3 aromatic carbocycles. The van der Waals surface area contributed by atoms with Crippen molar-refractivity contribution < 1.29 is 0 Å². The average molecular weight is 334 g/mol. The zero-order chi connectivity index (χ0) is 17.1. The summed E-state index contributed by atoms with van der Waals surface area (Å²) in [7, 11) is 0. The SMILES string of the molecule is CCP(c1ccccc1)(c1ccccc1)(c1ccccc1)C(C)C. The second-order valence-corrected chi connectivity index (χ2v) is 12.8. The van der Waals surface area contributed by atoms with Crippen LogP contribution in [0.2, 0.25) is 0 Å². The van der Waals surface area contributed by atoms with Gasteiger partial charge in [-0.25, -0.2) is 0 Å². The fourth-order valence-electron chi connectivity index (χ4n) is 4.56. The fourth-order valence-corrected chi connectivity index (χ4v) is 11.6. The number of hydrogen-bond acceptors (Lipinski definition) is 0. The van der Waals surface area contributed by atoms with Crippen LogP contribution in [0.3, 0.4) is 0 Å². The van der Waals surface area contributed by atoms with E-state index >= 15 is 0 Å². The predicted molar refractivity (Wildman–Crippen MR) is 111 cm³/mol. The normalized spacial score (nSPS) is 13.4. The van der Waals surface area contributed by atoms with Crippen molar-refractivity contribution in [3.8, 4) is 0 Å². The Bertz CT molecular complexity index is 677. The fraction of sp³-hybridized carbons (Fsp3) is 0.217. The first-order chi connectivity index (χ1) is 11.7. The van der Waals surface area contributed by atoms with Gasteiger partial charge in [0.15, 0.2) is 0 Å². The third kappa shape index (κ3) is 2.17. The first-order valence-corrected chi connectivity index (χ1v) is 11.3. The van der Waals surface area contributed by atoms with E-state index in [1.807, 2.05) is 0 Å². The first kappa shape index (κ1) is 16.9. The Hall–Kier alpha value is -1.91. The Kier molecular flexibility index (Phi) is 4.61. The van der Waals surface area contributed by atoms with Gasteiger partial charge in [0.2, 0.25) is 0 Å². The van der Waals surface area contributed by atoms with Gasteiger partial charge >= 0.3 is 146 Å². The molecule has 0 saturated heterocycles. The zero-order valence-corrected chi connectivity index (χ0v) is 15.8. The Morgan fingerprint density at radius 3 is 1.08 bits per heavy atom. The van der Waals surface area contributed by atoms with Crippen LogP contribution in [0.25, 0.3) is 0 Å². The van der Waals surface area contributed by atoms with Crippen LogP contribution in [0.15, 0.2) is 91.0 Å². The van der Waals surface area contributed by atoms with E-state index in [9.17, 15) is 0 Å². The van der Waals surface area contributed by atoms with Gasteiger partial charge in [-0.3, -0.25) is 0 Å². The molecule has 124 valence electrons. The molecule has 0 radical (unpaired) electrons. The third-order valence-corrected chi connectivity index (χ3v) is 13.9. The molecule has 0 aliphatic rings. The molecule has 0 heterocycles. The summed E-state index contributed by atoms with van der Waals surface area (Å²) in [5.41, 5.74) is 0.535. The van der Waals surface area contributed by atoms with Crippen molar-refractivity contribution in [2.24, 2.45) is 0 Å². The average Bonchev–Trinajstić information content (AvgIpc) is 2.66. The quantitative estimate of drug-likeness (QED) is 0.580. The summed E-state index contributed by atoms with van der Waals surface area (Å²) in [6.45, 7) is 4.67. The van der Waals surface area contributed by atoms with E-state index in [0.29, 0.717) is 5.66 Å². The molecule has 0 spiro atoms. The van der Waals surface area contributed by atoms with Gasteiger partial charge in [-0.05, 0) is 0 Å². The second kappa shape index (κ2) is 6.54. The van der Waals surface area contributed by atoms with Crippen molar-refractivity contribution in [1.29, 1.82) is 0 Å². The van der Waals surface area contributed by atoms with E-state index in [1.165, 1.54) is 15.9 Å². The molecule has 0 saturated carbocycles. The Labute approximate surface area is 146 Å². The first-order valence-electron chi connectivity index (χ1n) is 8.84. The van der Waals surface area contributed by atoms with Crippen LogP contribution >= 0.6 is 6.60 Å². The Morgan fingerprint density at radius 1 is 0.583 bits per heavy atom. The Balaban J connectivity index is 2.52. The molecule has 3 rings (SSSR count). The second-order valence-electron chi connectivity index (χ2n) is 6.80. The van der Waals surface area contributed by atoms with Crippen molar-refractivity contribution in [1.82, 2.24) is 0 Å². The van der Waals surface area contributed by atoms with Crippen LogP contribution in [0.4, 0.5) is 0 Å². The summed E-state index contributed by atoms with van der Waals surface area (Å²) in [6.07, 6.45) is 1.14. The van der Waals surface area contributed by atoms with E-state index in [0.717, 1.165) is 6.16 Å². The molecular formula is C23H27P. The summed E-state index contributed by atoms with van der Waals surface area (Å²) < 4.78 is 0. The van der Waals surface area contributed by atoms with Crippen molar-refractivity contribution in [2.45, 2.75) is 26.4 Å². The third-order valence-electron chi connectivity index (χ3n) is 5.83. The van der Waals surface area contributed by atoms with Crippen LogP contribution in [0.5, 0.6) is 0 Å². The molecule has 0 aliphatic heterocycles. The van der Waals surface area contributed by atoms with Gasteiger partial charge in [-0.1, -0.05) is 0 Å². The van der Waals surface area contributed by atoms with Gasteiger partial charge in [-0.15, -0.1) is 0 Å². The summed E-state index contributed by atoms with van der Waals surface area (Å²) >= 11 is 0. The predicted octanol–water partition coefficient (Wildman–Crippen LogP) is 4.94. The molecule has 0 bridgehead atoms. The summed E-state index contributed by atoms with van der Waals surface area (Å²) in [4.78, 5) is 0. The van der Waals surface area contributed by atoms with Crippen molar-refractivity contribution in [3.63, 3.8) is 0 Å². The minimum absolute atomic E-state index is 0.535. The van der Waals surface area contributed by atoms with Gasteiger partial charge in [0.25, 0.3) is 0 Å². The standard InChI is InChI=1S/C23H27P/c1-4-24(20(2)3,21-14-8-5-9-15-21,22-16-10-6-11-17-22)23-18-12-7-13-19-23/h5-20H,4H2,1-3H3. The zero-order valence-electron chi connectivity index (χ0n) is 14.9. The van der Waals surface area contributed by atoms with Crippen molar-refractivity contribution in [2.75, 3.05) is 6.16 Å². The number of hydrogen-bond donors (Lipinski definition) is 0. The van der Waals surface area contributed by atoms with Gasteiger partial charge in [0, 0.05) is 0 Å². The van der Waals surface area contributed by atoms with Crippen LogP contribution in [0.1, 0.15) is 20.8 Å². The summed E-state index contributed by atoms with van der Waals surface area (Å²) in [5.74, 6) is 0. The maximum atomic E-state index is 2.41. The molecule has 0 nitrogen and oxygen atoms in total. The van der Waals surface area contributed by atoms with Crippen LogP contribution in [0, 0.1) is 0 Å². The van der Waals surface area contributed by atoms with E-state index in [4.69, 9.17) is 0 Å². The molecule has 0 aromatic heterocycles. The van der Waals surface area contributed by atoms with Gasteiger partial charge in [0.05, 0.1) is 0 Å². The maximum absolute atomic E-state index is 2.53. The molecule has 0 aliphatic carbocycles. The van der Waals surface area contributed by atoms with Gasteiger partial charge in [-0.2, -0.15) is 0 Å². The van der Waals surface area contributed by atoms with Gasteiger partial charge < -0.3 is 0 Å².